The quantitative estimate of drug-likeness (QED) is 0.805. The van der Waals surface area contributed by atoms with Crippen molar-refractivity contribution in [2.75, 3.05) is 32.7 Å². The number of piperazine rings is 1. The molecule has 2 heterocycles. The first kappa shape index (κ1) is 14.2. The highest BCUT2D eigenvalue weighted by Gasteiger charge is 2.42. The molecule has 1 N–H and O–H groups in total. The Morgan fingerprint density at radius 1 is 1.28 bits per heavy atom. The third-order valence-corrected chi connectivity index (χ3v) is 6.17. The van der Waals surface area contributed by atoms with Crippen molar-refractivity contribution in [3.63, 3.8) is 0 Å². The highest BCUT2D eigenvalue weighted by atomic mass is 32.2. The average Bonchev–Trinajstić information content (AvgIpc) is 2.28. The van der Waals surface area contributed by atoms with Crippen LogP contribution < -0.4 is 5.32 Å². The fourth-order valence-electron chi connectivity index (χ4n) is 2.89. The highest BCUT2D eigenvalue weighted by Crippen LogP contribution is 2.26. The Balaban J connectivity index is 2.19. The van der Waals surface area contributed by atoms with Crippen molar-refractivity contribution in [1.82, 2.24) is 13.9 Å². The van der Waals surface area contributed by atoms with Gasteiger partial charge in [-0.3, -0.25) is 0 Å². The number of piperidine rings is 1. The van der Waals surface area contributed by atoms with Crippen molar-refractivity contribution >= 4 is 10.2 Å². The minimum Gasteiger partial charge on any atom is -0.314 e. The Hall–Kier alpha value is -0.170. The van der Waals surface area contributed by atoms with Gasteiger partial charge in [-0.05, 0) is 32.6 Å². The smallest absolute Gasteiger partial charge is 0.282 e. The van der Waals surface area contributed by atoms with Crippen LogP contribution in [-0.4, -0.2) is 55.3 Å². The van der Waals surface area contributed by atoms with E-state index >= 15 is 0 Å². The van der Waals surface area contributed by atoms with Gasteiger partial charge in [-0.15, -0.1) is 0 Å². The summed E-state index contributed by atoms with van der Waals surface area (Å²) in [5.41, 5.74) is -0.336. The third kappa shape index (κ3) is 2.71. The van der Waals surface area contributed by atoms with Gasteiger partial charge < -0.3 is 5.32 Å². The normalized spacial score (nSPS) is 31.4. The lowest BCUT2D eigenvalue weighted by molar-refractivity contribution is 0.163. The van der Waals surface area contributed by atoms with Crippen LogP contribution in [0, 0.1) is 5.92 Å². The van der Waals surface area contributed by atoms with Crippen molar-refractivity contribution in [3.8, 4) is 0 Å². The van der Waals surface area contributed by atoms with E-state index in [-0.39, 0.29) is 5.54 Å². The van der Waals surface area contributed by atoms with E-state index in [0.29, 0.717) is 25.6 Å². The molecule has 2 fully saturated rings. The lowest BCUT2D eigenvalue weighted by Crippen LogP contribution is -2.63. The zero-order valence-corrected chi connectivity index (χ0v) is 12.5. The van der Waals surface area contributed by atoms with Crippen molar-refractivity contribution in [2.45, 2.75) is 39.2 Å². The molecule has 6 heteroatoms. The predicted molar refractivity (Wildman–Crippen MR) is 72.5 cm³/mol. The molecule has 0 bridgehead atoms. The summed E-state index contributed by atoms with van der Waals surface area (Å²) in [6, 6.07) is 0. The highest BCUT2D eigenvalue weighted by molar-refractivity contribution is 7.86. The molecule has 18 heavy (non-hydrogen) atoms. The second kappa shape index (κ2) is 5.07. The van der Waals surface area contributed by atoms with Crippen molar-refractivity contribution in [1.29, 1.82) is 0 Å². The van der Waals surface area contributed by atoms with Gasteiger partial charge >= 0.3 is 0 Å². The zero-order chi connectivity index (χ0) is 13.4. The first-order valence-electron chi connectivity index (χ1n) is 6.83. The number of nitrogens with one attached hydrogen (secondary N) is 1. The molecule has 2 aliphatic heterocycles. The molecule has 2 rings (SSSR count). The van der Waals surface area contributed by atoms with E-state index in [1.54, 1.807) is 8.61 Å². The Labute approximate surface area is 111 Å². The molecular weight excluding hydrogens is 250 g/mol. The first-order valence-corrected chi connectivity index (χ1v) is 8.22. The fourth-order valence-corrected chi connectivity index (χ4v) is 4.98. The number of hydrogen-bond acceptors (Lipinski definition) is 3. The van der Waals surface area contributed by atoms with Gasteiger partial charge in [0.15, 0.2) is 0 Å². The fraction of sp³-hybridized carbons (Fsp3) is 1.00. The molecule has 0 aromatic rings. The molecule has 0 aromatic carbocycles. The third-order valence-electron chi connectivity index (χ3n) is 3.95. The minimum absolute atomic E-state index is 0.336. The van der Waals surface area contributed by atoms with Gasteiger partial charge in [0.05, 0.1) is 0 Å². The van der Waals surface area contributed by atoms with E-state index in [1.165, 1.54) is 0 Å². The van der Waals surface area contributed by atoms with Crippen LogP contribution >= 0.6 is 0 Å². The maximum Gasteiger partial charge on any atom is 0.282 e. The summed E-state index contributed by atoms with van der Waals surface area (Å²) >= 11 is 0. The monoisotopic (exact) mass is 275 g/mol. The second-order valence-electron chi connectivity index (χ2n) is 6.17. The van der Waals surface area contributed by atoms with Crippen LogP contribution in [0.2, 0.25) is 0 Å². The largest absolute Gasteiger partial charge is 0.314 e. The van der Waals surface area contributed by atoms with Crippen LogP contribution in [-0.2, 0) is 10.2 Å². The summed E-state index contributed by atoms with van der Waals surface area (Å²) in [5, 5.41) is 3.26. The molecule has 5 nitrogen and oxygen atoms in total. The summed E-state index contributed by atoms with van der Waals surface area (Å²) in [7, 11) is -3.30. The Bertz CT molecular complexity index is 394. The number of rotatable bonds is 2. The van der Waals surface area contributed by atoms with Crippen LogP contribution in [0.25, 0.3) is 0 Å². The Morgan fingerprint density at radius 3 is 2.61 bits per heavy atom. The van der Waals surface area contributed by atoms with E-state index in [9.17, 15) is 8.42 Å². The standard InChI is InChI=1S/C12H25N3O2S/c1-11-5-4-7-14(9-11)18(16,17)15-8-6-13-10-12(15,2)3/h11,13H,4-10H2,1-3H3. The van der Waals surface area contributed by atoms with Crippen molar-refractivity contribution in [3.05, 3.63) is 0 Å². The number of hydrogen-bond donors (Lipinski definition) is 1. The van der Waals surface area contributed by atoms with Gasteiger partial charge in [-0.1, -0.05) is 6.92 Å². The molecule has 0 aromatic heterocycles. The summed E-state index contributed by atoms with van der Waals surface area (Å²) in [6.07, 6.45) is 2.11. The molecule has 106 valence electrons. The molecule has 0 radical (unpaired) electrons. The van der Waals surface area contributed by atoms with E-state index in [4.69, 9.17) is 0 Å². The van der Waals surface area contributed by atoms with Crippen molar-refractivity contribution < 1.29 is 8.42 Å². The summed E-state index contributed by atoms with van der Waals surface area (Å²) in [4.78, 5) is 0. The maximum absolute atomic E-state index is 12.7. The van der Waals surface area contributed by atoms with E-state index in [1.807, 2.05) is 13.8 Å². The first-order chi connectivity index (χ1) is 8.34. The Morgan fingerprint density at radius 2 is 2.00 bits per heavy atom. The minimum atomic E-state index is -3.30. The van der Waals surface area contributed by atoms with E-state index in [2.05, 4.69) is 12.2 Å². The molecule has 2 saturated heterocycles. The van der Waals surface area contributed by atoms with Gasteiger partial charge in [0.2, 0.25) is 0 Å². The number of nitrogens with zero attached hydrogens (tertiary/aromatic N) is 2. The Kier molecular flexibility index (Phi) is 4.02. The summed E-state index contributed by atoms with van der Waals surface area (Å²) < 4.78 is 28.8. The molecule has 1 atom stereocenters. The van der Waals surface area contributed by atoms with Crippen LogP contribution in [0.3, 0.4) is 0 Å². The SMILES string of the molecule is CC1CCCN(S(=O)(=O)N2CCNCC2(C)C)C1. The van der Waals surface area contributed by atoms with Crippen LogP contribution in [0.4, 0.5) is 0 Å². The van der Waals surface area contributed by atoms with E-state index in [0.717, 1.165) is 25.9 Å². The molecule has 0 aliphatic carbocycles. The van der Waals surface area contributed by atoms with Gasteiger partial charge in [0.25, 0.3) is 10.2 Å². The van der Waals surface area contributed by atoms with Gasteiger partial charge in [0.1, 0.15) is 0 Å². The molecule has 0 amide bonds. The van der Waals surface area contributed by atoms with Gasteiger partial charge in [-0.25, -0.2) is 0 Å². The summed E-state index contributed by atoms with van der Waals surface area (Å²) in [6.45, 7) is 9.48. The van der Waals surface area contributed by atoms with Crippen LogP contribution in [0.5, 0.6) is 0 Å². The van der Waals surface area contributed by atoms with Crippen LogP contribution in [0.1, 0.15) is 33.6 Å². The van der Waals surface area contributed by atoms with Gasteiger partial charge in [0, 0.05) is 38.3 Å². The predicted octanol–water partition coefficient (Wildman–Crippen LogP) is 0.647. The van der Waals surface area contributed by atoms with Gasteiger partial charge in [-0.2, -0.15) is 17.0 Å². The maximum atomic E-state index is 12.7. The second-order valence-corrected chi connectivity index (χ2v) is 8.03. The van der Waals surface area contributed by atoms with Crippen molar-refractivity contribution in [2.24, 2.45) is 5.92 Å². The molecule has 0 saturated carbocycles. The summed E-state index contributed by atoms with van der Waals surface area (Å²) in [5.74, 6) is 0.472. The molecular formula is C12H25N3O2S. The lowest BCUT2D eigenvalue weighted by Gasteiger charge is -2.44. The van der Waals surface area contributed by atoms with Crippen LogP contribution in [0.15, 0.2) is 0 Å². The van der Waals surface area contributed by atoms with E-state index < -0.39 is 10.2 Å². The average molecular weight is 275 g/mol. The lowest BCUT2D eigenvalue weighted by atomic mass is 10.0. The molecule has 1 unspecified atom stereocenters. The topological polar surface area (TPSA) is 52.7 Å². The molecule has 0 spiro atoms. The zero-order valence-electron chi connectivity index (χ0n) is 11.6. The molecule has 2 aliphatic rings.